The van der Waals surface area contributed by atoms with Crippen LogP contribution in [0.1, 0.15) is 33.2 Å². The van der Waals surface area contributed by atoms with E-state index in [1.165, 1.54) is 42.5 Å². The predicted molar refractivity (Wildman–Crippen MR) is 99.1 cm³/mol. The van der Waals surface area contributed by atoms with Crippen LogP contribution in [-0.2, 0) is 6.18 Å². The van der Waals surface area contributed by atoms with Crippen molar-refractivity contribution in [2.45, 2.75) is 13.1 Å². The van der Waals surface area contributed by atoms with Gasteiger partial charge in [0.15, 0.2) is 0 Å². The minimum atomic E-state index is -4.72. The van der Waals surface area contributed by atoms with Crippen LogP contribution in [0.25, 0.3) is 10.9 Å². The van der Waals surface area contributed by atoms with E-state index in [1.54, 1.807) is 13.0 Å². The first-order chi connectivity index (χ1) is 13.3. The van der Waals surface area contributed by atoms with Gasteiger partial charge < -0.3 is 10.6 Å². The third-order valence-corrected chi connectivity index (χ3v) is 4.05. The standard InChI is InChI=1S/C20H16F3N3O2/c1-2-24-18(27)12-7-9-13(10-8-12)26-19(28)15-11-25-16-6-4-3-5-14(16)17(15)20(21,22)23/h3-11H,2H2,1H3,(H,24,27)(H,26,28). The van der Waals surface area contributed by atoms with E-state index in [0.717, 1.165) is 6.20 Å². The highest BCUT2D eigenvalue weighted by molar-refractivity contribution is 6.08. The Balaban J connectivity index is 1.93. The Hall–Kier alpha value is -3.42. The third-order valence-electron chi connectivity index (χ3n) is 4.05. The molecule has 0 aliphatic carbocycles. The molecule has 0 aliphatic rings. The fourth-order valence-electron chi connectivity index (χ4n) is 2.78. The Morgan fingerprint density at radius 1 is 1.00 bits per heavy atom. The molecule has 0 aliphatic heterocycles. The second-order valence-corrected chi connectivity index (χ2v) is 5.95. The molecule has 2 amide bonds. The Labute approximate surface area is 158 Å². The number of carbonyl (C=O) groups is 2. The van der Waals surface area contributed by atoms with Crippen molar-refractivity contribution >= 4 is 28.4 Å². The Bertz CT molecular complexity index is 1030. The number of carbonyl (C=O) groups excluding carboxylic acids is 2. The number of nitrogens with zero attached hydrogens (tertiary/aromatic N) is 1. The lowest BCUT2D eigenvalue weighted by molar-refractivity contribution is -0.136. The summed E-state index contributed by atoms with van der Waals surface area (Å²) in [6, 6.07) is 11.6. The highest BCUT2D eigenvalue weighted by Gasteiger charge is 2.37. The zero-order chi connectivity index (χ0) is 20.3. The smallest absolute Gasteiger partial charge is 0.352 e. The quantitative estimate of drug-likeness (QED) is 0.703. The molecule has 0 atom stereocenters. The lowest BCUT2D eigenvalue weighted by atomic mass is 10.0. The van der Waals surface area contributed by atoms with Crippen molar-refractivity contribution in [3.8, 4) is 0 Å². The number of fused-ring (bicyclic) bond motifs is 1. The second-order valence-electron chi connectivity index (χ2n) is 5.95. The maximum Gasteiger partial charge on any atom is 0.417 e. The highest BCUT2D eigenvalue weighted by Crippen LogP contribution is 2.37. The molecule has 0 bridgehead atoms. The average Bonchev–Trinajstić information content (AvgIpc) is 2.67. The predicted octanol–water partition coefficient (Wildman–Crippen LogP) is 4.26. The number of benzene rings is 2. The molecular formula is C20H16F3N3O2. The number of rotatable bonds is 4. The number of hydrogen-bond acceptors (Lipinski definition) is 3. The SMILES string of the molecule is CCNC(=O)c1ccc(NC(=O)c2cnc3ccccc3c2C(F)(F)F)cc1. The summed E-state index contributed by atoms with van der Waals surface area (Å²) >= 11 is 0. The Morgan fingerprint density at radius 2 is 1.68 bits per heavy atom. The number of amides is 2. The van der Waals surface area contributed by atoms with Crippen molar-refractivity contribution in [2.75, 3.05) is 11.9 Å². The minimum Gasteiger partial charge on any atom is -0.352 e. The maximum atomic E-state index is 13.6. The Kier molecular flexibility index (Phi) is 5.30. The summed E-state index contributed by atoms with van der Waals surface area (Å²) in [5, 5.41) is 4.91. The summed E-state index contributed by atoms with van der Waals surface area (Å²) in [6.07, 6.45) is -3.80. The number of anilines is 1. The van der Waals surface area contributed by atoms with Gasteiger partial charge in [0.1, 0.15) is 0 Å². The van der Waals surface area contributed by atoms with Crippen molar-refractivity contribution < 1.29 is 22.8 Å². The molecule has 1 aromatic heterocycles. The Morgan fingerprint density at radius 3 is 2.32 bits per heavy atom. The van der Waals surface area contributed by atoms with Gasteiger partial charge in [-0.2, -0.15) is 13.2 Å². The molecule has 0 fully saturated rings. The first-order valence-corrected chi connectivity index (χ1v) is 8.46. The van der Waals surface area contributed by atoms with Crippen molar-refractivity contribution in [3.05, 3.63) is 71.4 Å². The van der Waals surface area contributed by atoms with Crippen LogP contribution in [-0.4, -0.2) is 23.3 Å². The molecule has 0 spiro atoms. The summed E-state index contributed by atoms with van der Waals surface area (Å²) < 4.78 is 40.9. The molecule has 0 saturated heterocycles. The summed E-state index contributed by atoms with van der Waals surface area (Å²) in [5.41, 5.74) is -0.811. The van der Waals surface area contributed by atoms with Crippen LogP contribution in [0.3, 0.4) is 0 Å². The van der Waals surface area contributed by atoms with E-state index in [2.05, 4.69) is 15.6 Å². The highest BCUT2D eigenvalue weighted by atomic mass is 19.4. The molecule has 3 rings (SSSR count). The van der Waals surface area contributed by atoms with Gasteiger partial charge in [0.25, 0.3) is 11.8 Å². The molecule has 2 N–H and O–H groups in total. The number of aromatic nitrogens is 1. The lowest BCUT2D eigenvalue weighted by Crippen LogP contribution is -2.22. The molecule has 28 heavy (non-hydrogen) atoms. The summed E-state index contributed by atoms with van der Waals surface area (Å²) in [6.45, 7) is 2.24. The molecule has 0 saturated carbocycles. The van der Waals surface area contributed by atoms with Crippen molar-refractivity contribution in [1.29, 1.82) is 0 Å². The minimum absolute atomic E-state index is 0.144. The molecule has 5 nitrogen and oxygen atoms in total. The number of hydrogen-bond donors (Lipinski definition) is 2. The topological polar surface area (TPSA) is 71.1 Å². The zero-order valence-electron chi connectivity index (χ0n) is 14.8. The first kappa shape index (κ1) is 19.3. The molecule has 2 aromatic carbocycles. The summed E-state index contributed by atoms with van der Waals surface area (Å²) in [4.78, 5) is 28.2. The van der Waals surface area contributed by atoms with Gasteiger partial charge in [-0.15, -0.1) is 0 Å². The van der Waals surface area contributed by atoms with E-state index in [1.807, 2.05) is 0 Å². The van der Waals surface area contributed by atoms with E-state index in [-0.39, 0.29) is 22.5 Å². The number of alkyl halides is 3. The molecule has 0 radical (unpaired) electrons. The van der Waals surface area contributed by atoms with E-state index >= 15 is 0 Å². The molecule has 1 heterocycles. The number of pyridine rings is 1. The van der Waals surface area contributed by atoms with Crippen LogP contribution in [0, 0.1) is 0 Å². The van der Waals surface area contributed by atoms with Gasteiger partial charge in [-0.25, -0.2) is 0 Å². The van der Waals surface area contributed by atoms with Crippen LogP contribution >= 0.6 is 0 Å². The van der Waals surface area contributed by atoms with Crippen molar-refractivity contribution in [2.24, 2.45) is 0 Å². The largest absolute Gasteiger partial charge is 0.417 e. The lowest BCUT2D eigenvalue weighted by Gasteiger charge is -2.15. The summed E-state index contributed by atoms with van der Waals surface area (Å²) in [5.74, 6) is -1.21. The molecule has 144 valence electrons. The number of nitrogens with one attached hydrogen (secondary N) is 2. The monoisotopic (exact) mass is 387 g/mol. The molecule has 0 unspecified atom stereocenters. The van der Waals surface area contributed by atoms with E-state index in [9.17, 15) is 22.8 Å². The van der Waals surface area contributed by atoms with Crippen LogP contribution in [0.2, 0.25) is 0 Å². The van der Waals surface area contributed by atoms with Gasteiger partial charge in [0, 0.05) is 29.4 Å². The van der Waals surface area contributed by atoms with Crippen LogP contribution in [0.4, 0.5) is 18.9 Å². The van der Waals surface area contributed by atoms with Gasteiger partial charge in [0.05, 0.1) is 16.6 Å². The van der Waals surface area contributed by atoms with E-state index in [0.29, 0.717) is 12.1 Å². The number of halogens is 3. The third kappa shape index (κ3) is 3.95. The normalized spacial score (nSPS) is 11.3. The van der Waals surface area contributed by atoms with Crippen LogP contribution in [0.5, 0.6) is 0 Å². The number of para-hydroxylation sites is 1. The second kappa shape index (κ2) is 7.67. The first-order valence-electron chi connectivity index (χ1n) is 8.46. The van der Waals surface area contributed by atoms with E-state index in [4.69, 9.17) is 0 Å². The van der Waals surface area contributed by atoms with Gasteiger partial charge in [-0.05, 0) is 37.3 Å². The molecule has 8 heteroatoms. The summed E-state index contributed by atoms with van der Waals surface area (Å²) in [7, 11) is 0. The fourth-order valence-corrected chi connectivity index (χ4v) is 2.78. The van der Waals surface area contributed by atoms with Gasteiger partial charge >= 0.3 is 6.18 Å². The van der Waals surface area contributed by atoms with Crippen molar-refractivity contribution in [1.82, 2.24) is 10.3 Å². The molecule has 3 aromatic rings. The average molecular weight is 387 g/mol. The fraction of sp³-hybridized carbons (Fsp3) is 0.150. The molecular weight excluding hydrogens is 371 g/mol. The van der Waals surface area contributed by atoms with Crippen LogP contribution < -0.4 is 10.6 Å². The van der Waals surface area contributed by atoms with Crippen molar-refractivity contribution in [3.63, 3.8) is 0 Å². The zero-order valence-corrected chi connectivity index (χ0v) is 14.8. The maximum absolute atomic E-state index is 13.6. The van der Waals surface area contributed by atoms with Crippen LogP contribution in [0.15, 0.2) is 54.7 Å². The van der Waals surface area contributed by atoms with Gasteiger partial charge in [-0.3, -0.25) is 14.6 Å². The van der Waals surface area contributed by atoms with Gasteiger partial charge in [0.2, 0.25) is 0 Å². The van der Waals surface area contributed by atoms with E-state index < -0.39 is 23.2 Å². The van der Waals surface area contributed by atoms with Gasteiger partial charge in [-0.1, -0.05) is 18.2 Å².